The van der Waals surface area contributed by atoms with Crippen LogP contribution >= 0.6 is 11.3 Å². The zero-order valence-corrected chi connectivity index (χ0v) is 13.5. The lowest BCUT2D eigenvalue weighted by Gasteiger charge is -2.06. The maximum Gasteiger partial charge on any atom is 0.251 e. The Labute approximate surface area is 137 Å². The van der Waals surface area contributed by atoms with E-state index in [0.717, 1.165) is 15.8 Å². The molecule has 0 spiro atoms. The fourth-order valence-corrected chi connectivity index (χ4v) is 3.31. The number of fused-ring (bicyclic) bond motifs is 1. The van der Waals surface area contributed by atoms with E-state index >= 15 is 0 Å². The largest absolute Gasteiger partial charge is 0.348 e. The van der Waals surface area contributed by atoms with Gasteiger partial charge in [-0.05, 0) is 35.9 Å². The minimum atomic E-state index is -3.70. The van der Waals surface area contributed by atoms with Gasteiger partial charge in [0.25, 0.3) is 5.91 Å². The second kappa shape index (κ2) is 6.07. The second-order valence-electron chi connectivity index (χ2n) is 4.91. The van der Waals surface area contributed by atoms with Gasteiger partial charge in [0, 0.05) is 12.1 Å². The molecule has 0 bridgehead atoms. The SMILES string of the molecule is NS(=O)(=O)c1ccc(CNC(=O)c2ccc3ncsc3c2)cc1. The third-order valence-corrected chi connectivity index (χ3v) is 5.02. The molecule has 0 saturated carbocycles. The predicted molar refractivity (Wildman–Crippen MR) is 88.6 cm³/mol. The van der Waals surface area contributed by atoms with Gasteiger partial charge < -0.3 is 5.32 Å². The van der Waals surface area contributed by atoms with E-state index in [0.29, 0.717) is 12.1 Å². The number of nitrogens with two attached hydrogens (primary N) is 1. The smallest absolute Gasteiger partial charge is 0.251 e. The molecule has 6 nitrogen and oxygen atoms in total. The van der Waals surface area contributed by atoms with Crippen molar-refractivity contribution in [1.29, 1.82) is 0 Å². The topological polar surface area (TPSA) is 102 Å². The van der Waals surface area contributed by atoms with Gasteiger partial charge in [0.15, 0.2) is 0 Å². The van der Waals surface area contributed by atoms with E-state index in [-0.39, 0.29) is 10.8 Å². The maximum absolute atomic E-state index is 12.2. The Balaban J connectivity index is 1.68. The van der Waals surface area contributed by atoms with Crippen molar-refractivity contribution in [3.05, 3.63) is 59.1 Å². The molecular weight excluding hydrogens is 334 g/mol. The monoisotopic (exact) mass is 347 g/mol. The summed E-state index contributed by atoms with van der Waals surface area (Å²) in [5.41, 5.74) is 3.94. The number of hydrogen-bond acceptors (Lipinski definition) is 5. The summed E-state index contributed by atoms with van der Waals surface area (Å²) >= 11 is 1.48. The standard InChI is InChI=1S/C15H13N3O3S2/c16-23(20,21)12-4-1-10(2-5-12)8-17-15(19)11-3-6-13-14(7-11)22-9-18-13/h1-7,9H,8H2,(H,17,19)(H2,16,20,21). The number of sulfonamides is 1. The van der Waals surface area contributed by atoms with Crippen LogP contribution < -0.4 is 10.5 Å². The number of amides is 1. The van der Waals surface area contributed by atoms with Gasteiger partial charge in [-0.2, -0.15) is 0 Å². The highest BCUT2D eigenvalue weighted by Gasteiger charge is 2.09. The highest BCUT2D eigenvalue weighted by Crippen LogP contribution is 2.19. The Morgan fingerprint density at radius 1 is 1.17 bits per heavy atom. The van der Waals surface area contributed by atoms with Crippen LogP contribution in [0.2, 0.25) is 0 Å². The molecule has 3 N–H and O–H groups in total. The zero-order chi connectivity index (χ0) is 16.4. The first kappa shape index (κ1) is 15.6. The summed E-state index contributed by atoms with van der Waals surface area (Å²) in [5, 5.41) is 7.83. The number of aromatic nitrogens is 1. The molecule has 0 aliphatic carbocycles. The third kappa shape index (κ3) is 3.55. The highest BCUT2D eigenvalue weighted by atomic mass is 32.2. The summed E-state index contributed by atoms with van der Waals surface area (Å²) in [5.74, 6) is -0.198. The summed E-state index contributed by atoms with van der Waals surface area (Å²) in [6.45, 7) is 0.296. The van der Waals surface area contributed by atoms with E-state index in [1.165, 1.54) is 23.5 Å². The minimum absolute atomic E-state index is 0.0447. The summed E-state index contributed by atoms with van der Waals surface area (Å²) < 4.78 is 23.3. The molecule has 0 saturated heterocycles. The molecule has 3 aromatic rings. The number of nitrogens with one attached hydrogen (secondary N) is 1. The van der Waals surface area contributed by atoms with Crippen molar-refractivity contribution >= 4 is 37.5 Å². The lowest BCUT2D eigenvalue weighted by Crippen LogP contribution is -2.22. The van der Waals surface area contributed by atoms with Crippen LogP contribution in [0.1, 0.15) is 15.9 Å². The molecule has 1 aromatic heterocycles. The van der Waals surface area contributed by atoms with Gasteiger partial charge in [0.1, 0.15) is 0 Å². The van der Waals surface area contributed by atoms with E-state index in [1.54, 1.807) is 29.8 Å². The van der Waals surface area contributed by atoms with Crippen LogP contribution in [0, 0.1) is 0 Å². The molecule has 8 heteroatoms. The van der Waals surface area contributed by atoms with E-state index in [2.05, 4.69) is 10.3 Å². The first-order valence-corrected chi connectivity index (χ1v) is 9.09. The first-order valence-electron chi connectivity index (χ1n) is 6.67. The van der Waals surface area contributed by atoms with E-state index in [1.807, 2.05) is 6.07 Å². The van der Waals surface area contributed by atoms with Crippen molar-refractivity contribution in [2.24, 2.45) is 5.14 Å². The fourth-order valence-electron chi connectivity index (χ4n) is 2.08. The van der Waals surface area contributed by atoms with Crippen molar-refractivity contribution in [2.45, 2.75) is 11.4 Å². The van der Waals surface area contributed by atoms with Crippen molar-refractivity contribution in [1.82, 2.24) is 10.3 Å². The van der Waals surface area contributed by atoms with Crippen molar-refractivity contribution in [3.8, 4) is 0 Å². The minimum Gasteiger partial charge on any atom is -0.348 e. The zero-order valence-electron chi connectivity index (χ0n) is 11.9. The summed E-state index contributed by atoms with van der Waals surface area (Å²) in [7, 11) is -3.70. The molecule has 2 aromatic carbocycles. The number of carbonyl (C=O) groups excluding carboxylic acids is 1. The quantitative estimate of drug-likeness (QED) is 0.752. The second-order valence-corrected chi connectivity index (χ2v) is 7.35. The van der Waals surface area contributed by atoms with Crippen LogP contribution in [0.15, 0.2) is 52.9 Å². The van der Waals surface area contributed by atoms with Crippen LogP contribution in [-0.4, -0.2) is 19.3 Å². The van der Waals surface area contributed by atoms with Gasteiger partial charge in [0.05, 0.1) is 20.6 Å². The number of nitrogens with zero attached hydrogens (tertiary/aromatic N) is 1. The van der Waals surface area contributed by atoms with Gasteiger partial charge >= 0.3 is 0 Å². The van der Waals surface area contributed by atoms with Gasteiger partial charge in [0.2, 0.25) is 10.0 Å². The first-order chi connectivity index (χ1) is 10.9. The van der Waals surface area contributed by atoms with Gasteiger partial charge in [-0.25, -0.2) is 18.5 Å². The number of benzene rings is 2. The average molecular weight is 347 g/mol. The van der Waals surface area contributed by atoms with E-state index in [9.17, 15) is 13.2 Å². The Morgan fingerprint density at radius 2 is 1.91 bits per heavy atom. The molecule has 23 heavy (non-hydrogen) atoms. The summed E-state index contributed by atoms with van der Waals surface area (Å²) in [6.07, 6.45) is 0. The average Bonchev–Trinajstić information content (AvgIpc) is 2.99. The number of primary sulfonamides is 1. The lowest BCUT2D eigenvalue weighted by atomic mass is 10.2. The predicted octanol–water partition coefficient (Wildman–Crippen LogP) is 1.87. The van der Waals surface area contributed by atoms with Crippen molar-refractivity contribution in [2.75, 3.05) is 0 Å². The van der Waals surface area contributed by atoms with Crippen LogP contribution in [-0.2, 0) is 16.6 Å². The number of thiazole rings is 1. The molecule has 0 radical (unpaired) electrons. The highest BCUT2D eigenvalue weighted by molar-refractivity contribution is 7.89. The number of hydrogen-bond donors (Lipinski definition) is 2. The third-order valence-electron chi connectivity index (χ3n) is 3.30. The summed E-state index contributed by atoms with van der Waals surface area (Å²) in [4.78, 5) is 16.4. The molecule has 1 amide bonds. The molecule has 0 aliphatic rings. The normalized spacial score (nSPS) is 11.5. The maximum atomic E-state index is 12.2. The molecule has 0 fully saturated rings. The molecule has 0 aliphatic heterocycles. The molecule has 1 heterocycles. The molecule has 118 valence electrons. The van der Waals surface area contributed by atoms with Crippen LogP contribution in [0.5, 0.6) is 0 Å². The van der Waals surface area contributed by atoms with E-state index < -0.39 is 10.0 Å². The van der Waals surface area contributed by atoms with E-state index in [4.69, 9.17) is 5.14 Å². The molecule has 0 atom stereocenters. The van der Waals surface area contributed by atoms with Crippen LogP contribution in [0.25, 0.3) is 10.2 Å². The molecule has 0 unspecified atom stereocenters. The Morgan fingerprint density at radius 3 is 2.61 bits per heavy atom. The Kier molecular flexibility index (Phi) is 4.12. The molecule has 3 rings (SSSR count). The Bertz CT molecular complexity index is 963. The number of rotatable bonds is 4. The molecular formula is C15H13N3O3S2. The van der Waals surface area contributed by atoms with Gasteiger partial charge in [-0.3, -0.25) is 4.79 Å². The fraction of sp³-hybridized carbons (Fsp3) is 0.0667. The Hall–Kier alpha value is -2.29. The lowest BCUT2D eigenvalue weighted by molar-refractivity contribution is 0.0951. The van der Waals surface area contributed by atoms with Crippen LogP contribution in [0.3, 0.4) is 0 Å². The van der Waals surface area contributed by atoms with Crippen LogP contribution in [0.4, 0.5) is 0 Å². The van der Waals surface area contributed by atoms with Gasteiger partial charge in [-0.15, -0.1) is 11.3 Å². The number of carbonyl (C=O) groups is 1. The van der Waals surface area contributed by atoms with Crippen molar-refractivity contribution in [3.63, 3.8) is 0 Å². The summed E-state index contributed by atoms with van der Waals surface area (Å²) in [6, 6.07) is 11.4. The van der Waals surface area contributed by atoms with Crippen molar-refractivity contribution < 1.29 is 13.2 Å². The van der Waals surface area contributed by atoms with Gasteiger partial charge in [-0.1, -0.05) is 12.1 Å².